The van der Waals surface area contributed by atoms with Crippen LogP contribution < -0.4 is 0 Å². The van der Waals surface area contributed by atoms with E-state index in [0.717, 1.165) is 0 Å². The number of halogens is 1. The number of hydrogen-bond donors (Lipinski definition) is 0. The lowest BCUT2D eigenvalue weighted by Crippen LogP contribution is -2.31. The normalized spacial score (nSPS) is 29.1. The fraction of sp³-hybridized carbons (Fsp3) is 0.429. The quantitative estimate of drug-likeness (QED) is 0.828. The van der Waals surface area contributed by atoms with Crippen LogP contribution in [0.1, 0.15) is 18.8 Å². The lowest BCUT2D eigenvalue weighted by molar-refractivity contribution is -0.141. The summed E-state index contributed by atoms with van der Waals surface area (Å²) in [6.07, 6.45) is -1.15. The number of fused-ring (bicyclic) bond motifs is 1. The molecular formula is C14H14FNO4. The molecule has 0 spiro atoms. The number of benzene rings is 1. The maximum absolute atomic E-state index is 13.7. The van der Waals surface area contributed by atoms with E-state index >= 15 is 0 Å². The van der Waals surface area contributed by atoms with Crippen LogP contribution in [0.4, 0.5) is 4.39 Å². The largest absolute Gasteiger partial charge is 0.389 e. The highest BCUT2D eigenvalue weighted by Gasteiger charge is 2.40. The maximum atomic E-state index is 13.7. The molecule has 0 aliphatic carbocycles. The van der Waals surface area contributed by atoms with Crippen molar-refractivity contribution in [2.24, 2.45) is 11.1 Å². The maximum Gasteiger partial charge on any atom is 0.186 e. The Bertz CT molecular complexity index is 560. The number of hydrogen-bond acceptors (Lipinski definition) is 5. The summed E-state index contributed by atoms with van der Waals surface area (Å²) in [4.78, 5) is 16.6. The zero-order chi connectivity index (χ0) is 14.1. The highest BCUT2D eigenvalue weighted by atomic mass is 19.1. The molecule has 2 aliphatic rings. The van der Waals surface area contributed by atoms with Gasteiger partial charge in [-0.2, -0.15) is 0 Å². The summed E-state index contributed by atoms with van der Waals surface area (Å²) in [5.41, 5.74) is 0.696. The third-order valence-corrected chi connectivity index (χ3v) is 3.45. The first-order valence-corrected chi connectivity index (χ1v) is 6.39. The van der Waals surface area contributed by atoms with Gasteiger partial charge in [-0.25, -0.2) is 4.39 Å². The molecule has 0 amide bonds. The van der Waals surface area contributed by atoms with Crippen LogP contribution in [-0.2, 0) is 19.1 Å². The van der Waals surface area contributed by atoms with Gasteiger partial charge in [0.25, 0.3) is 0 Å². The van der Waals surface area contributed by atoms with Crippen LogP contribution in [0.25, 0.3) is 0 Å². The number of nitrogens with zero attached hydrogens (tertiary/aromatic N) is 1. The van der Waals surface area contributed by atoms with Crippen molar-refractivity contribution in [1.82, 2.24) is 0 Å². The Morgan fingerprint density at radius 2 is 2.05 bits per heavy atom. The van der Waals surface area contributed by atoms with Crippen molar-refractivity contribution in [3.05, 3.63) is 35.6 Å². The van der Waals surface area contributed by atoms with Crippen LogP contribution in [0.15, 0.2) is 29.4 Å². The molecule has 0 saturated carbocycles. The first kappa shape index (κ1) is 13.2. The minimum atomic E-state index is -0.793. The summed E-state index contributed by atoms with van der Waals surface area (Å²) in [5, 5.41) is 3.77. The Kier molecular flexibility index (Phi) is 3.50. The fourth-order valence-corrected chi connectivity index (χ4v) is 2.37. The molecule has 3 rings (SSSR count). The van der Waals surface area contributed by atoms with E-state index in [2.05, 4.69) is 5.16 Å². The summed E-state index contributed by atoms with van der Waals surface area (Å²) in [6.45, 7) is 1.84. The number of ketones is 1. The highest BCUT2D eigenvalue weighted by molar-refractivity contribution is 6.40. The molecule has 3 atom stereocenters. The van der Waals surface area contributed by atoms with E-state index in [-0.39, 0.29) is 36.8 Å². The second kappa shape index (κ2) is 5.30. The highest BCUT2D eigenvalue weighted by Crippen LogP contribution is 2.30. The van der Waals surface area contributed by atoms with Gasteiger partial charge in [0.15, 0.2) is 18.2 Å². The van der Waals surface area contributed by atoms with E-state index in [1.165, 1.54) is 13.0 Å². The number of carbonyl (C=O) groups excluding carboxylic acids is 1. The monoisotopic (exact) mass is 279 g/mol. The molecule has 1 aromatic carbocycles. The topological polar surface area (TPSA) is 57.1 Å². The van der Waals surface area contributed by atoms with E-state index in [4.69, 9.17) is 14.3 Å². The molecule has 2 aliphatic heterocycles. The van der Waals surface area contributed by atoms with Gasteiger partial charge in [0.2, 0.25) is 0 Å². The van der Waals surface area contributed by atoms with Crippen LogP contribution in [-0.4, -0.2) is 30.8 Å². The molecule has 20 heavy (non-hydrogen) atoms. The molecule has 0 unspecified atom stereocenters. The smallest absolute Gasteiger partial charge is 0.186 e. The minimum absolute atomic E-state index is 0.148. The average molecular weight is 279 g/mol. The second-order valence-corrected chi connectivity index (χ2v) is 4.80. The second-order valence-electron chi connectivity index (χ2n) is 4.80. The third-order valence-electron chi connectivity index (χ3n) is 3.45. The van der Waals surface area contributed by atoms with E-state index < -0.39 is 6.29 Å². The van der Waals surface area contributed by atoms with E-state index in [1.54, 1.807) is 18.2 Å². The van der Waals surface area contributed by atoms with Crippen LogP contribution in [0.2, 0.25) is 0 Å². The van der Waals surface area contributed by atoms with Gasteiger partial charge in [-0.1, -0.05) is 23.4 Å². The molecule has 6 heteroatoms. The van der Waals surface area contributed by atoms with Crippen LogP contribution in [0, 0.1) is 11.7 Å². The van der Waals surface area contributed by atoms with Crippen molar-refractivity contribution < 1.29 is 23.5 Å². The van der Waals surface area contributed by atoms with E-state index in [0.29, 0.717) is 11.3 Å². The summed E-state index contributed by atoms with van der Waals surface area (Å²) in [7, 11) is 0. The SMILES string of the molecule is CC(=O)C1=NO[C@@H]2CO[C@@H](c3ccccc3F)OC[C@@H]12. The lowest BCUT2D eigenvalue weighted by Gasteiger charge is -2.16. The molecule has 0 radical (unpaired) electrons. The summed E-state index contributed by atoms with van der Waals surface area (Å²) < 4.78 is 24.9. The molecule has 1 fully saturated rings. The zero-order valence-electron chi connectivity index (χ0n) is 10.9. The van der Waals surface area contributed by atoms with Crippen molar-refractivity contribution in [3.8, 4) is 0 Å². The summed E-state index contributed by atoms with van der Waals surface area (Å²) in [6, 6.07) is 6.29. The third kappa shape index (κ3) is 2.32. The van der Waals surface area contributed by atoms with Crippen molar-refractivity contribution in [1.29, 1.82) is 0 Å². The number of rotatable bonds is 2. The van der Waals surface area contributed by atoms with E-state index in [9.17, 15) is 9.18 Å². The Hall–Kier alpha value is -1.79. The Morgan fingerprint density at radius 3 is 2.80 bits per heavy atom. The Balaban J connectivity index is 1.77. The standard InChI is InChI=1S/C14H14FNO4/c1-8(17)13-10-6-18-14(19-7-12(10)20-16-13)9-4-2-3-5-11(9)15/h2-5,10,12,14H,6-7H2,1H3/t10-,12-,14+/m1/s1. The van der Waals surface area contributed by atoms with Crippen molar-refractivity contribution >= 4 is 11.5 Å². The molecule has 2 heterocycles. The Labute approximate surface area is 115 Å². The first-order chi connectivity index (χ1) is 9.66. The molecule has 0 aromatic heterocycles. The van der Waals surface area contributed by atoms with Crippen molar-refractivity contribution in [3.63, 3.8) is 0 Å². The summed E-state index contributed by atoms with van der Waals surface area (Å²) >= 11 is 0. The summed E-state index contributed by atoms with van der Waals surface area (Å²) in [5.74, 6) is -0.791. The number of Topliss-reactive ketones (excluding diaryl/α,β-unsaturated/α-hetero) is 1. The fourth-order valence-electron chi connectivity index (χ4n) is 2.37. The van der Waals surface area contributed by atoms with Gasteiger partial charge >= 0.3 is 0 Å². The minimum Gasteiger partial charge on any atom is -0.389 e. The van der Waals surface area contributed by atoms with Crippen molar-refractivity contribution in [2.45, 2.75) is 19.3 Å². The van der Waals surface area contributed by atoms with Gasteiger partial charge in [-0.15, -0.1) is 0 Å². The zero-order valence-corrected chi connectivity index (χ0v) is 10.9. The molecule has 0 N–H and O–H groups in total. The molecule has 5 nitrogen and oxygen atoms in total. The lowest BCUT2D eigenvalue weighted by atomic mass is 9.96. The van der Waals surface area contributed by atoms with Crippen LogP contribution in [0.3, 0.4) is 0 Å². The Morgan fingerprint density at radius 1 is 1.30 bits per heavy atom. The van der Waals surface area contributed by atoms with Gasteiger partial charge in [0.05, 0.1) is 19.1 Å². The van der Waals surface area contributed by atoms with Gasteiger partial charge in [-0.05, 0) is 6.07 Å². The van der Waals surface area contributed by atoms with Gasteiger partial charge in [-0.3, -0.25) is 4.79 Å². The molecule has 0 bridgehead atoms. The molecule has 1 aromatic rings. The van der Waals surface area contributed by atoms with Crippen molar-refractivity contribution in [2.75, 3.05) is 13.2 Å². The predicted octanol–water partition coefficient (Wildman–Crippen LogP) is 1.83. The van der Waals surface area contributed by atoms with Gasteiger partial charge in [0, 0.05) is 12.5 Å². The number of ether oxygens (including phenoxy) is 2. The van der Waals surface area contributed by atoms with E-state index in [1.807, 2.05) is 0 Å². The average Bonchev–Trinajstić information content (AvgIpc) is 2.73. The number of oxime groups is 1. The van der Waals surface area contributed by atoms with Crippen LogP contribution >= 0.6 is 0 Å². The molecule has 106 valence electrons. The first-order valence-electron chi connectivity index (χ1n) is 6.39. The number of carbonyl (C=O) groups is 1. The molecular weight excluding hydrogens is 265 g/mol. The van der Waals surface area contributed by atoms with Gasteiger partial charge < -0.3 is 14.3 Å². The van der Waals surface area contributed by atoms with Crippen LogP contribution in [0.5, 0.6) is 0 Å². The predicted molar refractivity (Wildman–Crippen MR) is 67.5 cm³/mol. The van der Waals surface area contributed by atoms with Gasteiger partial charge in [0.1, 0.15) is 11.5 Å². The molecule has 1 saturated heterocycles.